The summed E-state index contributed by atoms with van der Waals surface area (Å²) in [6.45, 7) is 9.02. The summed E-state index contributed by atoms with van der Waals surface area (Å²) in [6, 6.07) is 0.686. The fourth-order valence-corrected chi connectivity index (χ4v) is 3.50. The van der Waals surface area contributed by atoms with Gasteiger partial charge in [-0.25, -0.2) is 4.98 Å². The van der Waals surface area contributed by atoms with Crippen molar-refractivity contribution < 1.29 is 0 Å². The molecule has 0 aliphatic carbocycles. The monoisotopic (exact) mass is 262 g/mol. The quantitative estimate of drug-likeness (QED) is 0.901. The molecule has 2 saturated heterocycles. The van der Waals surface area contributed by atoms with E-state index >= 15 is 0 Å². The van der Waals surface area contributed by atoms with Gasteiger partial charge < -0.3 is 14.8 Å². The van der Waals surface area contributed by atoms with Gasteiger partial charge in [0.05, 0.1) is 5.69 Å². The molecule has 4 nitrogen and oxygen atoms in total. The molecule has 19 heavy (non-hydrogen) atoms. The first-order chi connectivity index (χ1) is 9.31. The molecule has 106 valence electrons. The van der Waals surface area contributed by atoms with Crippen molar-refractivity contribution in [2.24, 2.45) is 5.92 Å². The van der Waals surface area contributed by atoms with Gasteiger partial charge >= 0.3 is 0 Å². The van der Waals surface area contributed by atoms with Crippen LogP contribution in [0, 0.1) is 5.92 Å². The average molecular weight is 262 g/mol. The fraction of sp³-hybridized carbons (Fsp3) is 0.800. The van der Waals surface area contributed by atoms with Crippen LogP contribution in [0.5, 0.6) is 0 Å². The second-order valence-electron chi connectivity index (χ2n) is 5.95. The zero-order valence-corrected chi connectivity index (χ0v) is 12.2. The predicted molar refractivity (Wildman–Crippen MR) is 78.6 cm³/mol. The summed E-state index contributed by atoms with van der Waals surface area (Å²) in [7, 11) is 0. The highest BCUT2D eigenvalue weighted by Gasteiger charge is 2.35. The van der Waals surface area contributed by atoms with Crippen LogP contribution < -0.4 is 10.2 Å². The van der Waals surface area contributed by atoms with Crippen molar-refractivity contribution in [3.63, 3.8) is 0 Å². The Balaban J connectivity index is 1.79. The van der Waals surface area contributed by atoms with Gasteiger partial charge in [-0.05, 0) is 38.1 Å². The Bertz CT molecular complexity index is 412. The van der Waals surface area contributed by atoms with Gasteiger partial charge in [0, 0.05) is 31.9 Å². The van der Waals surface area contributed by atoms with E-state index in [1.807, 2.05) is 0 Å². The largest absolute Gasteiger partial charge is 0.340 e. The number of hydrogen-bond donors (Lipinski definition) is 1. The third-order valence-corrected chi connectivity index (χ3v) is 4.51. The summed E-state index contributed by atoms with van der Waals surface area (Å²) < 4.78 is 2.36. The molecule has 0 amide bonds. The molecular formula is C15H26N4. The minimum atomic E-state index is 0.686. The Morgan fingerprint density at radius 2 is 2.26 bits per heavy atom. The highest BCUT2D eigenvalue weighted by Crippen LogP contribution is 2.29. The number of aromatic nitrogens is 2. The van der Waals surface area contributed by atoms with E-state index in [-0.39, 0.29) is 0 Å². The maximum atomic E-state index is 4.85. The number of nitrogens with zero attached hydrogens (tertiary/aromatic N) is 3. The fourth-order valence-electron chi connectivity index (χ4n) is 3.50. The van der Waals surface area contributed by atoms with Crippen LogP contribution in [0.4, 0.5) is 5.95 Å². The van der Waals surface area contributed by atoms with Crippen molar-refractivity contribution in [2.75, 3.05) is 24.5 Å². The molecule has 0 radical (unpaired) electrons. The maximum absolute atomic E-state index is 4.85. The lowest BCUT2D eigenvalue weighted by Gasteiger charge is -2.24. The van der Waals surface area contributed by atoms with E-state index in [0.29, 0.717) is 6.04 Å². The second-order valence-corrected chi connectivity index (χ2v) is 5.95. The molecule has 2 atom stereocenters. The molecule has 0 aromatic carbocycles. The molecule has 1 aromatic heterocycles. The summed E-state index contributed by atoms with van der Waals surface area (Å²) in [4.78, 5) is 7.35. The molecule has 3 heterocycles. The highest BCUT2D eigenvalue weighted by atomic mass is 15.3. The van der Waals surface area contributed by atoms with Gasteiger partial charge in [-0.15, -0.1) is 0 Å². The minimum absolute atomic E-state index is 0.686. The molecule has 1 aromatic rings. The van der Waals surface area contributed by atoms with Crippen molar-refractivity contribution in [2.45, 2.75) is 52.1 Å². The van der Waals surface area contributed by atoms with Crippen LogP contribution in [0.2, 0.25) is 0 Å². The summed E-state index contributed by atoms with van der Waals surface area (Å²) in [5, 5.41) is 3.67. The number of nitrogens with one attached hydrogen (secondary N) is 1. The maximum Gasteiger partial charge on any atom is 0.205 e. The minimum Gasteiger partial charge on any atom is -0.340 e. The van der Waals surface area contributed by atoms with Crippen LogP contribution in [0.1, 0.15) is 38.8 Å². The number of hydrogen-bond acceptors (Lipinski definition) is 3. The molecule has 3 rings (SSSR count). The standard InChI is InChI=1S/C15H26N4/c1-3-8-18-10-13(4-2)17-15(18)19-9-12-6-5-7-16-14(12)11-19/h10,12,14,16H,3-9,11H2,1-2H3. The average Bonchev–Trinajstić information content (AvgIpc) is 3.01. The molecule has 4 heteroatoms. The number of piperidine rings is 1. The van der Waals surface area contributed by atoms with Crippen LogP contribution in [0.3, 0.4) is 0 Å². The van der Waals surface area contributed by atoms with Gasteiger partial charge in [0.15, 0.2) is 0 Å². The van der Waals surface area contributed by atoms with E-state index < -0.39 is 0 Å². The third-order valence-electron chi connectivity index (χ3n) is 4.51. The number of imidazole rings is 1. The van der Waals surface area contributed by atoms with Crippen molar-refractivity contribution in [1.29, 1.82) is 0 Å². The van der Waals surface area contributed by atoms with Crippen molar-refractivity contribution in [1.82, 2.24) is 14.9 Å². The zero-order chi connectivity index (χ0) is 13.2. The lowest BCUT2D eigenvalue weighted by Crippen LogP contribution is -2.40. The first-order valence-corrected chi connectivity index (χ1v) is 7.86. The first kappa shape index (κ1) is 13.0. The molecule has 0 spiro atoms. The van der Waals surface area contributed by atoms with Gasteiger partial charge in [-0.1, -0.05) is 13.8 Å². The van der Waals surface area contributed by atoms with Gasteiger partial charge in [-0.2, -0.15) is 0 Å². The topological polar surface area (TPSA) is 33.1 Å². The Hall–Kier alpha value is -1.03. The molecule has 2 unspecified atom stereocenters. The Morgan fingerprint density at radius 3 is 3.00 bits per heavy atom. The molecule has 1 N–H and O–H groups in total. The van der Waals surface area contributed by atoms with Gasteiger partial charge in [0.25, 0.3) is 0 Å². The third kappa shape index (κ3) is 2.50. The SMILES string of the molecule is CCCn1cc(CC)nc1N1CC2CCCNC2C1. The number of aryl methyl sites for hydroxylation is 2. The Morgan fingerprint density at radius 1 is 1.37 bits per heavy atom. The lowest BCUT2D eigenvalue weighted by molar-refractivity contribution is 0.340. The van der Waals surface area contributed by atoms with E-state index in [0.717, 1.165) is 25.4 Å². The number of rotatable bonds is 4. The molecule has 0 bridgehead atoms. The Kier molecular flexibility index (Phi) is 3.78. The number of anilines is 1. The van der Waals surface area contributed by atoms with Crippen molar-refractivity contribution in [3.05, 3.63) is 11.9 Å². The Labute approximate surface area is 116 Å². The predicted octanol–water partition coefficient (Wildman–Crippen LogP) is 2.04. The molecule has 2 aliphatic rings. The van der Waals surface area contributed by atoms with Crippen LogP contribution in [0.15, 0.2) is 6.20 Å². The molecule has 2 aliphatic heterocycles. The second kappa shape index (κ2) is 5.53. The van der Waals surface area contributed by atoms with E-state index in [2.05, 4.69) is 34.8 Å². The van der Waals surface area contributed by atoms with E-state index in [1.165, 1.54) is 44.0 Å². The summed E-state index contributed by atoms with van der Waals surface area (Å²) >= 11 is 0. The van der Waals surface area contributed by atoms with Gasteiger partial charge in [-0.3, -0.25) is 0 Å². The highest BCUT2D eigenvalue weighted by molar-refractivity contribution is 5.36. The normalized spacial score (nSPS) is 26.7. The zero-order valence-electron chi connectivity index (χ0n) is 12.2. The van der Waals surface area contributed by atoms with Crippen LogP contribution >= 0.6 is 0 Å². The molecular weight excluding hydrogens is 236 g/mol. The first-order valence-electron chi connectivity index (χ1n) is 7.86. The van der Waals surface area contributed by atoms with Gasteiger partial charge in [0.2, 0.25) is 5.95 Å². The van der Waals surface area contributed by atoms with Crippen LogP contribution in [0.25, 0.3) is 0 Å². The van der Waals surface area contributed by atoms with Gasteiger partial charge in [0.1, 0.15) is 0 Å². The van der Waals surface area contributed by atoms with Crippen LogP contribution in [-0.2, 0) is 13.0 Å². The summed E-state index contributed by atoms with van der Waals surface area (Å²) in [5.74, 6) is 2.03. The molecule has 2 fully saturated rings. The smallest absolute Gasteiger partial charge is 0.205 e. The lowest BCUT2D eigenvalue weighted by atomic mass is 9.94. The van der Waals surface area contributed by atoms with Crippen LogP contribution in [-0.4, -0.2) is 35.2 Å². The summed E-state index contributed by atoms with van der Waals surface area (Å²) in [6.07, 6.45) is 7.16. The summed E-state index contributed by atoms with van der Waals surface area (Å²) in [5.41, 5.74) is 1.23. The number of fused-ring (bicyclic) bond motifs is 1. The van der Waals surface area contributed by atoms with E-state index in [1.54, 1.807) is 0 Å². The van der Waals surface area contributed by atoms with E-state index in [4.69, 9.17) is 4.98 Å². The molecule has 0 saturated carbocycles. The van der Waals surface area contributed by atoms with Crippen molar-refractivity contribution >= 4 is 5.95 Å². The van der Waals surface area contributed by atoms with E-state index in [9.17, 15) is 0 Å². The van der Waals surface area contributed by atoms with Crippen molar-refractivity contribution in [3.8, 4) is 0 Å².